The van der Waals surface area contributed by atoms with Crippen molar-refractivity contribution in [1.29, 1.82) is 0 Å². The molecular weight excluding hydrogens is 356 g/mol. The van der Waals surface area contributed by atoms with Crippen LogP contribution in [0.4, 0.5) is 0 Å². The van der Waals surface area contributed by atoms with E-state index in [1.54, 1.807) is 43.7 Å². The van der Waals surface area contributed by atoms with Crippen LogP contribution in [0.5, 0.6) is 0 Å². The smallest absolute Gasteiger partial charge is 0.288 e. The second-order valence-electron chi connectivity index (χ2n) is 6.73. The molecule has 28 heavy (non-hydrogen) atoms. The summed E-state index contributed by atoms with van der Waals surface area (Å²) in [4.78, 5) is 47.5. The Bertz CT molecular complexity index is 1430. The molecule has 7 heteroatoms. The highest BCUT2D eigenvalue weighted by atomic mass is 16.2. The Balaban J connectivity index is 2.09. The van der Waals surface area contributed by atoms with Crippen LogP contribution in [0.1, 0.15) is 15.9 Å². The van der Waals surface area contributed by atoms with E-state index in [-0.39, 0.29) is 16.8 Å². The first-order valence-electron chi connectivity index (χ1n) is 8.69. The number of benzene rings is 1. The molecule has 1 aromatic carbocycles. The van der Waals surface area contributed by atoms with Crippen molar-refractivity contribution >= 4 is 16.8 Å². The fourth-order valence-electron chi connectivity index (χ4n) is 3.83. The molecule has 0 spiro atoms. The van der Waals surface area contributed by atoms with Crippen LogP contribution >= 0.6 is 0 Å². The van der Waals surface area contributed by atoms with E-state index in [9.17, 15) is 14.4 Å². The second kappa shape index (κ2) is 5.56. The quantitative estimate of drug-likeness (QED) is 0.450. The van der Waals surface area contributed by atoms with Gasteiger partial charge in [-0.3, -0.25) is 23.7 Å². The van der Waals surface area contributed by atoms with Gasteiger partial charge in [0.1, 0.15) is 0 Å². The summed E-state index contributed by atoms with van der Waals surface area (Å²) in [6.07, 6.45) is 3.23. The van der Waals surface area contributed by atoms with Crippen LogP contribution in [0.15, 0.2) is 58.4 Å². The molecule has 1 aliphatic rings. The van der Waals surface area contributed by atoms with Crippen molar-refractivity contribution in [1.82, 2.24) is 19.1 Å². The minimum atomic E-state index is -0.490. The third kappa shape index (κ3) is 1.95. The van der Waals surface area contributed by atoms with E-state index < -0.39 is 11.2 Å². The number of carbonyl (C=O) groups is 1. The number of hydrogen-bond donors (Lipinski definition) is 0. The molecule has 0 unspecified atom stereocenters. The van der Waals surface area contributed by atoms with Gasteiger partial charge in [-0.2, -0.15) is 0 Å². The summed E-state index contributed by atoms with van der Waals surface area (Å²) in [5, 5.41) is 0.234. The standard InChI is InChI=1S/C21H14N4O3/c1-24-19-16(20(27)25(2)21(24)28)14(11-6-5-9-22-10-11)15-17(23-19)12-7-3-4-8-13(12)18(15)26/h3-10H,1-2H3. The van der Waals surface area contributed by atoms with Gasteiger partial charge < -0.3 is 0 Å². The lowest BCUT2D eigenvalue weighted by Crippen LogP contribution is -2.37. The van der Waals surface area contributed by atoms with Gasteiger partial charge in [-0.05, 0) is 6.07 Å². The number of nitrogens with zero attached hydrogens (tertiary/aromatic N) is 4. The van der Waals surface area contributed by atoms with Crippen molar-refractivity contribution in [3.63, 3.8) is 0 Å². The van der Waals surface area contributed by atoms with E-state index in [1.165, 1.54) is 11.6 Å². The number of pyridine rings is 2. The van der Waals surface area contributed by atoms with Gasteiger partial charge in [-0.25, -0.2) is 9.78 Å². The Hall–Kier alpha value is -3.87. The first-order valence-corrected chi connectivity index (χ1v) is 8.69. The Kier molecular flexibility index (Phi) is 3.24. The Morgan fingerprint density at radius 1 is 0.857 bits per heavy atom. The highest BCUT2D eigenvalue weighted by Crippen LogP contribution is 2.42. The summed E-state index contributed by atoms with van der Waals surface area (Å²) in [7, 11) is 2.99. The summed E-state index contributed by atoms with van der Waals surface area (Å²) >= 11 is 0. The predicted molar refractivity (Wildman–Crippen MR) is 104 cm³/mol. The fraction of sp³-hybridized carbons (Fsp3) is 0.0952. The minimum absolute atomic E-state index is 0.185. The highest BCUT2D eigenvalue weighted by molar-refractivity contribution is 6.26. The zero-order valence-electron chi connectivity index (χ0n) is 15.1. The van der Waals surface area contributed by atoms with Gasteiger partial charge in [0.05, 0.1) is 16.6 Å². The van der Waals surface area contributed by atoms with Gasteiger partial charge in [0.15, 0.2) is 11.4 Å². The maximum atomic E-state index is 13.2. The molecule has 1 aliphatic carbocycles. The Morgan fingerprint density at radius 3 is 2.32 bits per heavy atom. The molecule has 0 fully saturated rings. The van der Waals surface area contributed by atoms with Crippen LogP contribution in [-0.2, 0) is 14.1 Å². The van der Waals surface area contributed by atoms with Crippen molar-refractivity contribution < 1.29 is 4.79 Å². The van der Waals surface area contributed by atoms with E-state index in [0.29, 0.717) is 33.5 Å². The lowest BCUT2D eigenvalue weighted by Gasteiger charge is -2.14. The monoisotopic (exact) mass is 370 g/mol. The van der Waals surface area contributed by atoms with Crippen LogP contribution in [-0.4, -0.2) is 24.9 Å². The number of ketones is 1. The molecule has 4 aromatic rings. The highest BCUT2D eigenvalue weighted by Gasteiger charge is 2.34. The lowest BCUT2D eigenvalue weighted by atomic mass is 9.96. The summed E-state index contributed by atoms with van der Waals surface area (Å²) in [6.45, 7) is 0. The third-order valence-corrected chi connectivity index (χ3v) is 5.19. The van der Waals surface area contributed by atoms with E-state index >= 15 is 0 Å². The number of rotatable bonds is 1. The third-order valence-electron chi connectivity index (χ3n) is 5.19. The molecule has 0 aliphatic heterocycles. The summed E-state index contributed by atoms with van der Waals surface area (Å²) in [6, 6.07) is 10.7. The van der Waals surface area contributed by atoms with E-state index in [2.05, 4.69) is 9.97 Å². The minimum Gasteiger partial charge on any atom is -0.288 e. The molecule has 3 heterocycles. The zero-order chi connectivity index (χ0) is 19.6. The van der Waals surface area contributed by atoms with Crippen LogP contribution in [0.3, 0.4) is 0 Å². The number of fused-ring (bicyclic) bond motifs is 4. The molecular formula is C21H14N4O3. The predicted octanol–water partition coefficient (Wildman–Crippen LogP) is 1.91. The maximum absolute atomic E-state index is 13.2. The molecule has 0 atom stereocenters. The molecule has 136 valence electrons. The Labute approximate surface area is 158 Å². The maximum Gasteiger partial charge on any atom is 0.332 e. The van der Waals surface area contributed by atoms with Crippen LogP contribution in [0, 0.1) is 0 Å². The van der Waals surface area contributed by atoms with Crippen molar-refractivity contribution in [2.75, 3.05) is 0 Å². The number of carbonyl (C=O) groups excluding carboxylic acids is 1. The average Bonchev–Trinajstić information content (AvgIpc) is 3.02. The van der Waals surface area contributed by atoms with E-state index in [0.717, 1.165) is 4.57 Å². The summed E-state index contributed by atoms with van der Waals surface area (Å²) in [5.74, 6) is -0.185. The van der Waals surface area contributed by atoms with Crippen molar-refractivity contribution in [3.05, 3.63) is 80.8 Å². The molecule has 7 nitrogen and oxygen atoms in total. The second-order valence-corrected chi connectivity index (χ2v) is 6.73. The molecule has 0 saturated heterocycles. The number of aryl methyl sites for hydroxylation is 1. The van der Waals surface area contributed by atoms with Crippen LogP contribution in [0.25, 0.3) is 33.4 Å². The van der Waals surface area contributed by atoms with Crippen LogP contribution in [0.2, 0.25) is 0 Å². The molecule has 0 N–H and O–H groups in total. The molecule has 3 aromatic heterocycles. The summed E-state index contributed by atoms with van der Waals surface area (Å²) < 4.78 is 2.37. The van der Waals surface area contributed by atoms with E-state index in [1.807, 2.05) is 12.1 Å². The topological polar surface area (TPSA) is 86.8 Å². The number of hydrogen-bond acceptors (Lipinski definition) is 5. The van der Waals surface area contributed by atoms with Gasteiger partial charge in [-0.1, -0.05) is 30.3 Å². The normalized spacial score (nSPS) is 12.3. The Morgan fingerprint density at radius 2 is 1.61 bits per heavy atom. The van der Waals surface area contributed by atoms with Gasteiger partial charge in [-0.15, -0.1) is 0 Å². The molecule has 5 rings (SSSR count). The van der Waals surface area contributed by atoms with E-state index in [4.69, 9.17) is 0 Å². The lowest BCUT2D eigenvalue weighted by molar-refractivity contribution is 0.104. The summed E-state index contributed by atoms with van der Waals surface area (Å²) in [5.41, 5.74) is 2.46. The fourth-order valence-corrected chi connectivity index (χ4v) is 3.83. The number of aromatic nitrogens is 4. The SMILES string of the molecule is Cn1c(=O)c2c(-c3cccnc3)c3c(nc2n(C)c1=O)-c1ccccc1C3=O. The van der Waals surface area contributed by atoms with Gasteiger partial charge >= 0.3 is 5.69 Å². The molecule has 0 saturated carbocycles. The van der Waals surface area contributed by atoms with Gasteiger partial charge in [0, 0.05) is 48.7 Å². The molecule has 0 bridgehead atoms. The first kappa shape index (κ1) is 16.3. The zero-order valence-corrected chi connectivity index (χ0v) is 15.1. The van der Waals surface area contributed by atoms with Gasteiger partial charge in [0.2, 0.25) is 0 Å². The molecule has 0 radical (unpaired) electrons. The average molecular weight is 370 g/mol. The van der Waals surface area contributed by atoms with Crippen molar-refractivity contribution in [3.8, 4) is 22.4 Å². The van der Waals surface area contributed by atoms with Crippen LogP contribution < -0.4 is 11.2 Å². The first-order chi connectivity index (χ1) is 13.5. The largest absolute Gasteiger partial charge is 0.332 e. The van der Waals surface area contributed by atoms with Gasteiger partial charge in [0.25, 0.3) is 5.56 Å². The van der Waals surface area contributed by atoms with Crippen molar-refractivity contribution in [2.24, 2.45) is 14.1 Å². The molecule has 0 amide bonds. The van der Waals surface area contributed by atoms with Crippen molar-refractivity contribution in [2.45, 2.75) is 0 Å².